The highest BCUT2D eigenvalue weighted by Gasteiger charge is 2.15. The fourth-order valence-electron chi connectivity index (χ4n) is 1.77. The first-order valence-electron chi connectivity index (χ1n) is 5.19. The average Bonchev–Trinajstić information content (AvgIpc) is 2.70. The molecule has 2 aromatic rings. The van der Waals surface area contributed by atoms with E-state index in [0.717, 1.165) is 10.9 Å². The van der Waals surface area contributed by atoms with E-state index in [1.165, 1.54) is 7.11 Å². The summed E-state index contributed by atoms with van der Waals surface area (Å²) in [5.41, 5.74) is 6.71. The molecule has 0 aliphatic rings. The molecule has 0 saturated carbocycles. The zero-order chi connectivity index (χ0) is 12.4. The second-order valence-corrected chi connectivity index (χ2v) is 4.24. The van der Waals surface area contributed by atoms with Gasteiger partial charge in [0.15, 0.2) is 0 Å². The van der Waals surface area contributed by atoms with Gasteiger partial charge >= 0.3 is 5.97 Å². The number of carbonyl (C=O) groups excluding carboxylic acids is 1. The molecule has 1 atom stereocenters. The molecule has 4 nitrogen and oxygen atoms in total. The summed E-state index contributed by atoms with van der Waals surface area (Å²) in [5, 5.41) is 1.71. The molecule has 0 amide bonds. The van der Waals surface area contributed by atoms with Gasteiger partial charge in [-0.15, -0.1) is 0 Å². The Hall–Kier alpha value is -1.52. The summed E-state index contributed by atoms with van der Waals surface area (Å²) in [4.78, 5) is 11.2. The van der Waals surface area contributed by atoms with Crippen LogP contribution in [0.2, 0.25) is 5.02 Å². The molecular weight excluding hydrogens is 240 g/mol. The molecule has 17 heavy (non-hydrogen) atoms. The van der Waals surface area contributed by atoms with Crippen LogP contribution in [0.25, 0.3) is 10.9 Å². The third-order valence-corrected chi connectivity index (χ3v) is 2.87. The zero-order valence-corrected chi connectivity index (χ0v) is 10.1. The van der Waals surface area contributed by atoms with Crippen LogP contribution in [-0.2, 0) is 16.1 Å². The van der Waals surface area contributed by atoms with Crippen LogP contribution >= 0.6 is 11.6 Å². The van der Waals surface area contributed by atoms with Crippen molar-refractivity contribution in [3.8, 4) is 0 Å². The standard InChI is InChI=1S/C12H13ClN2O2/c1-17-12(16)10(14)7-15-5-4-8-6-9(13)2-3-11(8)15/h2-6,10H,7,14H2,1H3/t10-/m0/s1. The molecule has 90 valence electrons. The summed E-state index contributed by atoms with van der Waals surface area (Å²) in [7, 11) is 1.33. The van der Waals surface area contributed by atoms with Gasteiger partial charge < -0.3 is 15.0 Å². The molecular formula is C12H13ClN2O2. The van der Waals surface area contributed by atoms with Gasteiger partial charge in [-0.2, -0.15) is 0 Å². The molecule has 0 unspecified atom stereocenters. The lowest BCUT2D eigenvalue weighted by molar-refractivity contribution is -0.142. The summed E-state index contributed by atoms with van der Waals surface area (Å²) in [6, 6.07) is 6.86. The molecule has 0 aliphatic heterocycles. The number of ether oxygens (including phenoxy) is 1. The van der Waals surface area contributed by atoms with Crippen molar-refractivity contribution in [3.05, 3.63) is 35.5 Å². The monoisotopic (exact) mass is 252 g/mol. The minimum Gasteiger partial charge on any atom is -0.468 e. The van der Waals surface area contributed by atoms with E-state index < -0.39 is 12.0 Å². The Bertz CT molecular complexity index is 550. The van der Waals surface area contributed by atoms with Crippen LogP contribution in [0.3, 0.4) is 0 Å². The number of fused-ring (bicyclic) bond motifs is 1. The van der Waals surface area contributed by atoms with Crippen molar-refractivity contribution >= 4 is 28.5 Å². The van der Waals surface area contributed by atoms with Crippen molar-refractivity contribution in [1.82, 2.24) is 4.57 Å². The predicted octanol–water partition coefficient (Wildman–Crippen LogP) is 1.79. The first kappa shape index (κ1) is 12.0. The highest BCUT2D eigenvalue weighted by atomic mass is 35.5. The number of nitrogens with two attached hydrogens (primary N) is 1. The fraction of sp³-hybridized carbons (Fsp3) is 0.250. The summed E-state index contributed by atoms with van der Waals surface area (Å²) < 4.78 is 6.50. The zero-order valence-electron chi connectivity index (χ0n) is 9.39. The van der Waals surface area contributed by atoms with Gasteiger partial charge in [0.25, 0.3) is 0 Å². The van der Waals surface area contributed by atoms with E-state index in [1.54, 1.807) is 0 Å². The summed E-state index contributed by atoms with van der Waals surface area (Å²) in [6.45, 7) is 0.387. The molecule has 0 radical (unpaired) electrons. The number of hydrogen-bond donors (Lipinski definition) is 1. The maximum atomic E-state index is 11.2. The van der Waals surface area contributed by atoms with E-state index in [4.69, 9.17) is 17.3 Å². The molecule has 1 heterocycles. The normalized spacial score (nSPS) is 12.6. The number of methoxy groups -OCH3 is 1. The van der Waals surface area contributed by atoms with Gasteiger partial charge in [0.05, 0.1) is 7.11 Å². The smallest absolute Gasteiger partial charge is 0.324 e. The molecule has 1 aromatic heterocycles. The Morgan fingerprint density at radius 3 is 3.00 bits per heavy atom. The molecule has 0 fully saturated rings. The van der Waals surface area contributed by atoms with Gasteiger partial charge in [-0.25, -0.2) is 0 Å². The topological polar surface area (TPSA) is 57.2 Å². The quantitative estimate of drug-likeness (QED) is 0.848. The molecule has 0 saturated heterocycles. The number of rotatable bonds is 3. The lowest BCUT2D eigenvalue weighted by Crippen LogP contribution is -2.35. The van der Waals surface area contributed by atoms with Crippen molar-refractivity contribution in [1.29, 1.82) is 0 Å². The van der Waals surface area contributed by atoms with Crippen molar-refractivity contribution < 1.29 is 9.53 Å². The van der Waals surface area contributed by atoms with E-state index in [9.17, 15) is 4.79 Å². The molecule has 2 N–H and O–H groups in total. The number of benzene rings is 1. The number of carbonyl (C=O) groups is 1. The minimum atomic E-state index is -0.661. The van der Waals surface area contributed by atoms with Gasteiger partial charge in [0.2, 0.25) is 0 Å². The Morgan fingerprint density at radius 1 is 1.53 bits per heavy atom. The van der Waals surface area contributed by atoms with Crippen molar-refractivity contribution in [2.75, 3.05) is 7.11 Å². The van der Waals surface area contributed by atoms with Gasteiger partial charge in [0.1, 0.15) is 6.04 Å². The predicted molar refractivity (Wildman–Crippen MR) is 66.9 cm³/mol. The second-order valence-electron chi connectivity index (χ2n) is 3.80. The lowest BCUT2D eigenvalue weighted by atomic mass is 10.2. The van der Waals surface area contributed by atoms with Crippen molar-refractivity contribution in [2.24, 2.45) is 5.73 Å². The van der Waals surface area contributed by atoms with Crippen molar-refractivity contribution in [2.45, 2.75) is 12.6 Å². The number of halogens is 1. The molecule has 2 rings (SSSR count). The first-order valence-corrected chi connectivity index (χ1v) is 5.57. The Kier molecular flexibility index (Phi) is 3.36. The van der Waals surface area contributed by atoms with Gasteiger partial charge in [-0.1, -0.05) is 11.6 Å². The van der Waals surface area contributed by atoms with Crippen LogP contribution in [0.15, 0.2) is 30.5 Å². The fourth-order valence-corrected chi connectivity index (χ4v) is 1.95. The molecule has 5 heteroatoms. The maximum absolute atomic E-state index is 11.2. The summed E-state index contributed by atoms with van der Waals surface area (Å²) >= 11 is 5.90. The van der Waals surface area contributed by atoms with Gasteiger partial charge in [0, 0.05) is 28.7 Å². The molecule has 0 bridgehead atoms. The van der Waals surface area contributed by atoms with Crippen LogP contribution in [-0.4, -0.2) is 23.7 Å². The Morgan fingerprint density at radius 2 is 2.29 bits per heavy atom. The number of hydrogen-bond acceptors (Lipinski definition) is 3. The van der Waals surface area contributed by atoms with Crippen molar-refractivity contribution in [3.63, 3.8) is 0 Å². The van der Waals surface area contributed by atoms with Crippen LogP contribution in [0.5, 0.6) is 0 Å². The first-order chi connectivity index (χ1) is 8.11. The SMILES string of the molecule is COC(=O)[C@@H](N)Cn1ccc2cc(Cl)ccc21. The van der Waals surface area contributed by atoms with Crippen LogP contribution < -0.4 is 5.73 Å². The van der Waals surface area contributed by atoms with Crippen LogP contribution in [0, 0.1) is 0 Å². The van der Waals surface area contributed by atoms with E-state index in [-0.39, 0.29) is 0 Å². The second kappa shape index (κ2) is 4.77. The molecule has 0 spiro atoms. The lowest BCUT2D eigenvalue weighted by Gasteiger charge is -2.11. The molecule has 1 aromatic carbocycles. The van der Waals surface area contributed by atoms with E-state index >= 15 is 0 Å². The minimum absolute atomic E-state index is 0.387. The van der Waals surface area contributed by atoms with Gasteiger partial charge in [-0.3, -0.25) is 4.79 Å². The number of aromatic nitrogens is 1. The number of esters is 1. The third kappa shape index (κ3) is 2.43. The Balaban J connectivity index is 2.28. The van der Waals surface area contributed by atoms with E-state index in [0.29, 0.717) is 11.6 Å². The summed E-state index contributed by atoms with van der Waals surface area (Å²) in [6.07, 6.45) is 1.88. The van der Waals surface area contributed by atoms with Crippen LogP contribution in [0.1, 0.15) is 0 Å². The van der Waals surface area contributed by atoms with E-state index in [1.807, 2.05) is 35.0 Å². The van der Waals surface area contributed by atoms with E-state index in [2.05, 4.69) is 4.74 Å². The average molecular weight is 253 g/mol. The summed E-state index contributed by atoms with van der Waals surface area (Å²) in [5.74, 6) is -0.416. The largest absolute Gasteiger partial charge is 0.468 e. The highest BCUT2D eigenvalue weighted by Crippen LogP contribution is 2.20. The maximum Gasteiger partial charge on any atom is 0.324 e. The molecule has 0 aliphatic carbocycles. The van der Waals surface area contributed by atoms with Gasteiger partial charge in [-0.05, 0) is 24.3 Å². The Labute approximate surface area is 104 Å². The number of nitrogens with zero attached hydrogens (tertiary/aromatic N) is 1. The van der Waals surface area contributed by atoms with Crippen LogP contribution in [0.4, 0.5) is 0 Å². The third-order valence-electron chi connectivity index (χ3n) is 2.63. The highest BCUT2D eigenvalue weighted by molar-refractivity contribution is 6.31.